The quantitative estimate of drug-likeness (QED) is 0.202. The third-order valence-corrected chi connectivity index (χ3v) is 8.75. The van der Waals surface area contributed by atoms with Gasteiger partial charge in [-0.25, -0.2) is 4.79 Å². The van der Waals surface area contributed by atoms with Crippen LogP contribution in [0.15, 0.2) is 18.2 Å². The monoisotopic (exact) mass is 663 g/mol. The van der Waals surface area contributed by atoms with Gasteiger partial charge in [0.1, 0.15) is 17.4 Å². The van der Waals surface area contributed by atoms with Gasteiger partial charge in [0.25, 0.3) is 0 Å². The zero-order valence-corrected chi connectivity index (χ0v) is 30.8. The summed E-state index contributed by atoms with van der Waals surface area (Å²) in [6.07, 6.45) is 1.54. The van der Waals surface area contributed by atoms with Crippen LogP contribution in [0.2, 0.25) is 0 Å². The first kappa shape index (κ1) is 40.1. The zero-order valence-electron chi connectivity index (χ0n) is 30.8. The van der Waals surface area contributed by atoms with Gasteiger partial charge in [0.15, 0.2) is 11.5 Å². The van der Waals surface area contributed by atoms with E-state index in [2.05, 4.69) is 19.2 Å². The fourth-order valence-corrected chi connectivity index (χ4v) is 6.07. The number of ether oxygens (including phenoxy) is 5. The van der Waals surface area contributed by atoms with Crippen LogP contribution < -0.4 is 20.5 Å². The molecule has 11 nitrogen and oxygen atoms in total. The number of rotatable bonds is 17. The van der Waals surface area contributed by atoms with Crippen LogP contribution in [0, 0.1) is 23.7 Å². The Labute approximate surface area is 282 Å². The summed E-state index contributed by atoms with van der Waals surface area (Å²) in [5, 5.41) is 2.76. The van der Waals surface area contributed by atoms with Crippen LogP contribution in [0.3, 0.4) is 0 Å². The highest BCUT2D eigenvalue weighted by Crippen LogP contribution is 2.41. The van der Waals surface area contributed by atoms with Crippen LogP contribution in [0.25, 0.3) is 0 Å². The van der Waals surface area contributed by atoms with Gasteiger partial charge in [-0.05, 0) is 96.3 Å². The molecule has 1 heterocycles. The molecule has 1 saturated heterocycles. The van der Waals surface area contributed by atoms with Crippen molar-refractivity contribution < 1.29 is 38.1 Å². The maximum Gasteiger partial charge on any atom is 0.412 e. The van der Waals surface area contributed by atoms with Crippen molar-refractivity contribution in [3.8, 4) is 11.5 Å². The number of methoxy groups -OCH3 is 2. The van der Waals surface area contributed by atoms with Crippen molar-refractivity contribution in [2.75, 3.05) is 27.4 Å². The molecule has 3 amide bonds. The molecule has 0 saturated carbocycles. The van der Waals surface area contributed by atoms with Crippen molar-refractivity contribution >= 4 is 17.9 Å². The van der Waals surface area contributed by atoms with E-state index in [0.29, 0.717) is 37.6 Å². The fraction of sp³-hybridized carbons (Fsp3) is 0.750. The Morgan fingerprint density at radius 3 is 2.19 bits per heavy atom. The lowest BCUT2D eigenvalue weighted by Gasteiger charge is -2.37. The number of carbonyl (C=O) groups is 3. The summed E-state index contributed by atoms with van der Waals surface area (Å²) >= 11 is 0. The van der Waals surface area contributed by atoms with Crippen LogP contribution >= 0.6 is 0 Å². The maximum absolute atomic E-state index is 13.8. The highest BCUT2D eigenvalue weighted by molar-refractivity contribution is 5.87. The Bertz CT molecular complexity index is 1180. The van der Waals surface area contributed by atoms with E-state index in [4.69, 9.17) is 29.4 Å². The predicted molar refractivity (Wildman–Crippen MR) is 182 cm³/mol. The lowest BCUT2D eigenvalue weighted by atomic mass is 9.80. The number of amides is 3. The smallest absolute Gasteiger partial charge is 0.412 e. The summed E-state index contributed by atoms with van der Waals surface area (Å²) in [6, 6.07) is 4.82. The average Bonchev–Trinajstić information content (AvgIpc) is 3.20. The number of hydrogen-bond acceptors (Lipinski definition) is 8. The van der Waals surface area contributed by atoms with Crippen LogP contribution in [0.4, 0.5) is 4.79 Å². The average molecular weight is 664 g/mol. The minimum absolute atomic E-state index is 0.0551. The van der Waals surface area contributed by atoms with E-state index in [0.717, 1.165) is 18.4 Å². The molecule has 0 spiro atoms. The number of nitrogens with zero attached hydrogens (tertiary/aromatic N) is 1. The standard InChI is InChI=1S/C36H61N3O8/c1-22(2)26(18-25-14-15-29(44-12)31(19-25)45-17-13-16-43-11)20-28-30(21-27(23(3)4)33(41)38-24(5)32(37)40)46-36(9,10)39(28)34(42)47-35(6,7)8/h14-15,19,22-24,26-28,30H,13,16-18,20-21H2,1-12H3,(H2,37,40)(H,38,41)/t24-,26-,27-,28-,30-/m0/s1. The summed E-state index contributed by atoms with van der Waals surface area (Å²) < 4.78 is 29.3. The highest BCUT2D eigenvalue weighted by Gasteiger charge is 2.52. The van der Waals surface area contributed by atoms with E-state index in [1.807, 2.05) is 66.7 Å². The van der Waals surface area contributed by atoms with Crippen LogP contribution in [-0.2, 0) is 30.2 Å². The van der Waals surface area contributed by atoms with E-state index in [-0.39, 0.29) is 29.7 Å². The van der Waals surface area contributed by atoms with Crippen LogP contribution in [-0.4, -0.2) is 79.8 Å². The van der Waals surface area contributed by atoms with Crippen molar-refractivity contribution in [2.45, 2.75) is 124 Å². The van der Waals surface area contributed by atoms with E-state index < -0.39 is 41.4 Å². The van der Waals surface area contributed by atoms with Crippen molar-refractivity contribution in [3.05, 3.63) is 23.8 Å². The van der Waals surface area contributed by atoms with Gasteiger partial charge in [-0.2, -0.15) is 0 Å². The topological polar surface area (TPSA) is 139 Å². The Kier molecular flexibility index (Phi) is 14.8. The first-order chi connectivity index (χ1) is 21.8. The lowest BCUT2D eigenvalue weighted by Crippen LogP contribution is -2.51. The Morgan fingerprint density at radius 1 is 1.00 bits per heavy atom. The second-order valence-corrected chi connectivity index (χ2v) is 14.9. The van der Waals surface area contributed by atoms with Gasteiger partial charge < -0.3 is 34.7 Å². The van der Waals surface area contributed by atoms with E-state index in [9.17, 15) is 14.4 Å². The van der Waals surface area contributed by atoms with Crippen molar-refractivity contribution in [3.63, 3.8) is 0 Å². The lowest BCUT2D eigenvalue weighted by molar-refractivity contribution is -0.132. The molecular weight excluding hydrogens is 602 g/mol. The molecule has 0 radical (unpaired) electrons. The molecule has 268 valence electrons. The van der Waals surface area contributed by atoms with Gasteiger partial charge in [-0.3, -0.25) is 14.5 Å². The molecule has 3 N–H and O–H groups in total. The molecular formula is C36H61N3O8. The Morgan fingerprint density at radius 2 is 1.66 bits per heavy atom. The molecule has 5 atom stereocenters. The largest absolute Gasteiger partial charge is 0.493 e. The van der Waals surface area contributed by atoms with Crippen molar-refractivity contribution in [1.82, 2.24) is 10.2 Å². The van der Waals surface area contributed by atoms with Gasteiger partial charge >= 0.3 is 6.09 Å². The fourth-order valence-electron chi connectivity index (χ4n) is 6.07. The van der Waals surface area contributed by atoms with Crippen molar-refractivity contribution in [2.24, 2.45) is 29.4 Å². The maximum atomic E-state index is 13.8. The predicted octanol–water partition coefficient (Wildman–Crippen LogP) is 5.71. The minimum Gasteiger partial charge on any atom is -0.493 e. The molecule has 2 rings (SSSR count). The molecule has 0 unspecified atom stereocenters. The third-order valence-electron chi connectivity index (χ3n) is 8.75. The van der Waals surface area contributed by atoms with Crippen LogP contribution in [0.1, 0.15) is 94.1 Å². The summed E-state index contributed by atoms with van der Waals surface area (Å²) in [5.74, 6) is 0.343. The summed E-state index contributed by atoms with van der Waals surface area (Å²) in [5.41, 5.74) is 4.83. The number of hydrogen-bond donors (Lipinski definition) is 2. The first-order valence-electron chi connectivity index (χ1n) is 16.9. The van der Waals surface area contributed by atoms with E-state index in [1.54, 1.807) is 26.0 Å². The second-order valence-electron chi connectivity index (χ2n) is 14.9. The summed E-state index contributed by atoms with van der Waals surface area (Å²) in [4.78, 5) is 40.7. The highest BCUT2D eigenvalue weighted by atomic mass is 16.6. The molecule has 0 bridgehead atoms. The van der Waals surface area contributed by atoms with Gasteiger partial charge in [-0.1, -0.05) is 33.8 Å². The molecule has 11 heteroatoms. The minimum atomic E-state index is -0.985. The normalized spacial score (nSPS) is 19.7. The number of nitrogens with two attached hydrogens (primary N) is 1. The third kappa shape index (κ3) is 11.9. The number of primary amides is 1. The molecule has 1 aliphatic rings. The van der Waals surface area contributed by atoms with Gasteiger partial charge in [-0.15, -0.1) is 0 Å². The molecule has 1 aliphatic heterocycles. The summed E-state index contributed by atoms with van der Waals surface area (Å²) in [7, 11) is 3.29. The number of nitrogens with one attached hydrogen (secondary N) is 1. The van der Waals surface area contributed by atoms with Crippen molar-refractivity contribution in [1.29, 1.82) is 0 Å². The van der Waals surface area contributed by atoms with Gasteiger partial charge in [0.05, 0.1) is 25.9 Å². The summed E-state index contributed by atoms with van der Waals surface area (Å²) in [6.45, 7) is 20.2. The molecule has 1 fully saturated rings. The zero-order chi connectivity index (χ0) is 35.7. The number of carbonyl (C=O) groups excluding carboxylic acids is 3. The van der Waals surface area contributed by atoms with E-state index in [1.165, 1.54) is 0 Å². The Hall–Kier alpha value is -3.05. The number of benzene rings is 1. The molecule has 0 aliphatic carbocycles. The molecule has 0 aromatic heterocycles. The second kappa shape index (κ2) is 17.4. The van der Waals surface area contributed by atoms with E-state index >= 15 is 0 Å². The molecule has 1 aromatic carbocycles. The van der Waals surface area contributed by atoms with Gasteiger partial charge in [0, 0.05) is 26.1 Å². The molecule has 1 aromatic rings. The SMILES string of the molecule is COCCCOc1cc(C[C@@H](C[C@H]2[C@H](C[C@H](C(=O)N[C@@H](C)C(N)=O)C(C)C)OC(C)(C)N2C(=O)OC(C)(C)C)C(C)C)ccc1OC. The Balaban J connectivity index is 2.47. The first-order valence-corrected chi connectivity index (χ1v) is 16.9. The van der Waals surface area contributed by atoms with Crippen LogP contribution in [0.5, 0.6) is 11.5 Å². The van der Waals surface area contributed by atoms with Gasteiger partial charge in [0.2, 0.25) is 11.8 Å². The molecule has 47 heavy (non-hydrogen) atoms.